The number of anilines is 1. The fraction of sp³-hybridized carbons (Fsp3) is 0.750. The van der Waals surface area contributed by atoms with Crippen LogP contribution < -0.4 is 4.90 Å². The summed E-state index contributed by atoms with van der Waals surface area (Å²) in [5, 5.41) is 0. The average molecular weight is 274 g/mol. The fourth-order valence-corrected chi connectivity index (χ4v) is 3.66. The number of hydrogen-bond acceptors (Lipinski definition) is 4. The molecule has 2 unspecified atom stereocenters. The molecule has 2 fully saturated rings. The second-order valence-corrected chi connectivity index (χ2v) is 6.12. The lowest BCUT2D eigenvalue weighted by atomic mass is 10.0. The first-order chi connectivity index (χ1) is 9.71. The number of fused-ring (bicyclic) bond motifs is 1. The maximum absolute atomic E-state index is 4.71. The third-order valence-electron chi connectivity index (χ3n) is 4.80. The van der Waals surface area contributed by atoms with Gasteiger partial charge in [0.05, 0.1) is 0 Å². The van der Waals surface area contributed by atoms with Crippen molar-refractivity contribution in [2.45, 2.75) is 58.5 Å². The molecule has 3 rings (SSSR count). The molecule has 2 aliphatic heterocycles. The molecule has 2 saturated heterocycles. The summed E-state index contributed by atoms with van der Waals surface area (Å²) in [6, 6.07) is 3.53. The van der Waals surface area contributed by atoms with Crippen molar-refractivity contribution in [1.82, 2.24) is 14.9 Å². The van der Waals surface area contributed by atoms with E-state index in [2.05, 4.69) is 34.7 Å². The Kier molecular flexibility index (Phi) is 3.92. The molecule has 0 amide bonds. The van der Waals surface area contributed by atoms with Crippen LogP contribution in [0.5, 0.6) is 0 Å². The zero-order chi connectivity index (χ0) is 14.1. The SMILES string of the molecule is CCc1cc(N2CC3CCCN3CC2CC)nc(C)n1. The van der Waals surface area contributed by atoms with Gasteiger partial charge in [0.25, 0.3) is 0 Å². The lowest BCUT2D eigenvalue weighted by molar-refractivity contribution is 0.194. The largest absolute Gasteiger partial charge is 0.351 e. The second kappa shape index (κ2) is 5.68. The van der Waals surface area contributed by atoms with Crippen LogP contribution in [0.15, 0.2) is 6.07 Å². The molecule has 4 heteroatoms. The Bertz CT molecular complexity index is 474. The summed E-state index contributed by atoms with van der Waals surface area (Å²) in [5.41, 5.74) is 1.16. The predicted molar refractivity (Wildman–Crippen MR) is 82.2 cm³/mol. The molecular weight excluding hydrogens is 248 g/mol. The van der Waals surface area contributed by atoms with Gasteiger partial charge in [-0.2, -0.15) is 0 Å². The molecule has 0 N–H and O–H groups in total. The van der Waals surface area contributed by atoms with Gasteiger partial charge in [0.1, 0.15) is 11.6 Å². The summed E-state index contributed by atoms with van der Waals surface area (Å²) in [5.74, 6) is 2.05. The molecule has 0 aliphatic carbocycles. The molecule has 0 spiro atoms. The van der Waals surface area contributed by atoms with Crippen LogP contribution in [0.2, 0.25) is 0 Å². The topological polar surface area (TPSA) is 32.3 Å². The monoisotopic (exact) mass is 274 g/mol. The molecule has 3 heterocycles. The summed E-state index contributed by atoms with van der Waals surface area (Å²) in [6.45, 7) is 10.1. The third-order valence-corrected chi connectivity index (χ3v) is 4.80. The van der Waals surface area contributed by atoms with Crippen molar-refractivity contribution in [3.63, 3.8) is 0 Å². The van der Waals surface area contributed by atoms with Crippen LogP contribution in [0.1, 0.15) is 44.6 Å². The Balaban J connectivity index is 1.88. The van der Waals surface area contributed by atoms with Crippen molar-refractivity contribution in [2.75, 3.05) is 24.5 Å². The summed E-state index contributed by atoms with van der Waals surface area (Å²) >= 11 is 0. The number of aryl methyl sites for hydroxylation is 2. The Labute approximate surface area is 122 Å². The van der Waals surface area contributed by atoms with E-state index in [4.69, 9.17) is 4.98 Å². The standard InChI is InChI=1S/C16H26N4/c1-4-13-9-16(18-12(3)17-13)20-11-15-7-6-8-19(15)10-14(20)5-2/h9,14-15H,4-8,10-11H2,1-3H3. The number of aromatic nitrogens is 2. The molecule has 20 heavy (non-hydrogen) atoms. The molecule has 4 nitrogen and oxygen atoms in total. The molecule has 2 aliphatic rings. The van der Waals surface area contributed by atoms with Gasteiger partial charge in [0, 0.05) is 36.9 Å². The van der Waals surface area contributed by atoms with Gasteiger partial charge >= 0.3 is 0 Å². The Morgan fingerprint density at radius 3 is 2.85 bits per heavy atom. The molecule has 1 aromatic heterocycles. The van der Waals surface area contributed by atoms with Crippen LogP contribution in [0, 0.1) is 6.92 Å². The maximum atomic E-state index is 4.71. The van der Waals surface area contributed by atoms with Gasteiger partial charge < -0.3 is 4.90 Å². The quantitative estimate of drug-likeness (QED) is 0.847. The van der Waals surface area contributed by atoms with Crippen molar-refractivity contribution in [1.29, 1.82) is 0 Å². The van der Waals surface area contributed by atoms with E-state index in [0.717, 1.165) is 36.3 Å². The highest BCUT2D eigenvalue weighted by atomic mass is 15.3. The number of hydrogen-bond donors (Lipinski definition) is 0. The van der Waals surface area contributed by atoms with Gasteiger partial charge in [-0.3, -0.25) is 4.90 Å². The Morgan fingerprint density at radius 2 is 2.10 bits per heavy atom. The van der Waals surface area contributed by atoms with Crippen molar-refractivity contribution >= 4 is 5.82 Å². The van der Waals surface area contributed by atoms with Crippen LogP contribution in [0.4, 0.5) is 5.82 Å². The van der Waals surface area contributed by atoms with Gasteiger partial charge in [-0.1, -0.05) is 13.8 Å². The van der Waals surface area contributed by atoms with Crippen molar-refractivity contribution < 1.29 is 0 Å². The Morgan fingerprint density at radius 1 is 1.25 bits per heavy atom. The van der Waals surface area contributed by atoms with E-state index in [9.17, 15) is 0 Å². The number of nitrogens with zero attached hydrogens (tertiary/aromatic N) is 4. The minimum atomic E-state index is 0.600. The molecule has 0 aromatic carbocycles. The molecule has 0 radical (unpaired) electrons. The average Bonchev–Trinajstić information content (AvgIpc) is 2.92. The lowest BCUT2D eigenvalue weighted by Gasteiger charge is -2.44. The van der Waals surface area contributed by atoms with E-state index in [-0.39, 0.29) is 0 Å². The second-order valence-electron chi connectivity index (χ2n) is 6.12. The van der Waals surface area contributed by atoms with Gasteiger partial charge in [-0.25, -0.2) is 9.97 Å². The first-order valence-corrected chi connectivity index (χ1v) is 8.06. The number of piperazine rings is 1. The molecule has 2 atom stereocenters. The maximum Gasteiger partial charge on any atom is 0.132 e. The summed E-state index contributed by atoms with van der Waals surface area (Å²) < 4.78 is 0. The van der Waals surface area contributed by atoms with E-state index in [1.807, 2.05) is 6.92 Å². The minimum absolute atomic E-state index is 0.600. The van der Waals surface area contributed by atoms with E-state index in [0.29, 0.717) is 6.04 Å². The van der Waals surface area contributed by atoms with Crippen LogP contribution in [0.3, 0.4) is 0 Å². The van der Waals surface area contributed by atoms with Gasteiger partial charge in [0.15, 0.2) is 0 Å². The van der Waals surface area contributed by atoms with Crippen LogP contribution in [0.25, 0.3) is 0 Å². The molecule has 1 aromatic rings. The summed E-state index contributed by atoms with van der Waals surface area (Å²) in [6.07, 6.45) is 4.87. The predicted octanol–water partition coefficient (Wildman–Crippen LogP) is 2.41. The van der Waals surface area contributed by atoms with E-state index in [1.165, 1.54) is 32.4 Å². The highest BCUT2D eigenvalue weighted by molar-refractivity contribution is 5.42. The summed E-state index contributed by atoms with van der Waals surface area (Å²) in [4.78, 5) is 14.5. The van der Waals surface area contributed by atoms with E-state index >= 15 is 0 Å². The molecule has 0 bridgehead atoms. The summed E-state index contributed by atoms with van der Waals surface area (Å²) in [7, 11) is 0. The van der Waals surface area contributed by atoms with Crippen molar-refractivity contribution in [3.05, 3.63) is 17.6 Å². The van der Waals surface area contributed by atoms with Gasteiger partial charge in [-0.15, -0.1) is 0 Å². The van der Waals surface area contributed by atoms with E-state index < -0.39 is 0 Å². The molecule has 0 saturated carbocycles. The fourth-order valence-electron chi connectivity index (χ4n) is 3.66. The van der Waals surface area contributed by atoms with E-state index in [1.54, 1.807) is 0 Å². The van der Waals surface area contributed by atoms with Crippen LogP contribution >= 0.6 is 0 Å². The number of rotatable bonds is 3. The minimum Gasteiger partial charge on any atom is -0.351 e. The van der Waals surface area contributed by atoms with Gasteiger partial charge in [0.2, 0.25) is 0 Å². The van der Waals surface area contributed by atoms with Crippen LogP contribution in [-0.2, 0) is 6.42 Å². The smallest absolute Gasteiger partial charge is 0.132 e. The molecule has 110 valence electrons. The zero-order valence-corrected chi connectivity index (χ0v) is 13.0. The van der Waals surface area contributed by atoms with Crippen LogP contribution in [-0.4, -0.2) is 46.6 Å². The first kappa shape index (κ1) is 13.8. The lowest BCUT2D eigenvalue weighted by Crippen LogP contribution is -2.56. The Hall–Kier alpha value is -1.16. The van der Waals surface area contributed by atoms with Crippen molar-refractivity contribution in [3.8, 4) is 0 Å². The van der Waals surface area contributed by atoms with Gasteiger partial charge in [-0.05, 0) is 39.2 Å². The normalized spacial score (nSPS) is 26.9. The third kappa shape index (κ3) is 2.53. The highest BCUT2D eigenvalue weighted by Crippen LogP contribution is 2.29. The zero-order valence-electron chi connectivity index (χ0n) is 13.0. The molecular formula is C16H26N4. The van der Waals surface area contributed by atoms with Crippen molar-refractivity contribution in [2.24, 2.45) is 0 Å². The highest BCUT2D eigenvalue weighted by Gasteiger charge is 2.36. The first-order valence-electron chi connectivity index (χ1n) is 8.06.